The van der Waals surface area contributed by atoms with Crippen LogP contribution in [0.1, 0.15) is 86.4 Å². The van der Waals surface area contributed by atoms with Gasteiger partial charge in [0.05, 0.1) is 23.8 Å². The molecule has 0 saturated carbocycles. The molecule has 0 amide bonds. The lowest BCUT2D eigenvalue weighted by Gasteiger charge is -2.14. The Morgan fingerprint density at radius 2 is 1.50 bits per heavy atom. The van der Waals surface area contributed by atoms with Gasteiger partial charge in [-0.1, -0.05) is 51.2 Å². The molecule has 0 N–H and O–H groups in total. The third-order valence-electron chi connectivity index (χ3n) is 3.91. The molecule has 0 spiro atoms. The molecule has 4 heteroatoms. The smallest absolute Gasteiger partial charge is 0.339 e. The van der Waals surface area contributed by atoms with Gasteiger partial charge in [0.1, 0.15) is 0 Å². The maximum atomic E-state index is 12.3. The normalized spacial score (nSPS) is 11.8. The Bertz CT molecular complexity index is 510. The summed E-state index contributed by atoms with van der Waals surface area (Å²) in [5.41, 5.74) is 0.530. The minimum absolute atomic E-state index is 0.154. The Labute approximate surface area is 145 Å². The molecular weight excluding hydrogens is 304 g/mol. The summed E-state index contributed by atoms with van der Waals surface area (Å²) in [6.45, 7) is 6.12. The second-order valence-corrected chi connectivity index (χ2v) is 6.04. The van der Waals surface area contributed by atoms with Crippen molar-refractivity contribution in [1.82, 2.24) is 0 Å². The highest BCUT2D eigenvalue weighted by molar-refractivity contribution is 6.03. The zero-order chi connectivity index (χ0) is 17.8. The molecular formula is C20H30O4. The number of esters is 2. The van der Waals surface area contributed by atoms with Gasteiger partial charge in [-0.3, -0.25) is 0 Å². The van der Waals surface area contributed by atoms with Crippen molar-refractivity contribution in [2.45, 2.75) is 71.8 Å². The predicted molar refractivity (Wildman–Crippen MR) is 95.3 cm³/mol. The summed E-state index contributed by atoms with van der Waals surface area (Å²) in [6, 6.07) is 6.62. The molecule has 1 unspecified atom stereocenters. The van der Waals surface area contributed by atoms with Crippen LogP contribution < -0.4 is 0 Å². The lowest BCUT2D eigenvalue weighted by molar-refractivity contribution is 0.0308. The standard InChI is InChI=1S/C20H30O4/c1-4-6-7-8-9-10-13-16(3)24-20(22)18-15-12-11-14-17(18)19(21)23-5-2/h11-12,14-16H,4-10,13H2,1-3H3. The van der Waals surface area contributed by atoms with Crippen LogP contribution in [0.15, 0.2) is 24.3 Å². The van der Waals surface area contributed by atoms with E-state index >= 15 is 0 Å². The van der Waals surface area contributed by atoms with E-state index in [4.69, 9.17) is 9.47 Å². The predicted octanol–water partition coefficient (Wildman–Crippen LogP) is 5.16. The van der Waals surface area contributed by atoms with Crippen LogP contribution in [0.4, 0.5) is 0 Å². The topological polar surface area (TPSA) is 52.6 Å². The third kappa shape index (κ3) is 7.16. The van der Waals surface area contributed by atoms with Crippen molar-refractivity contribution in [3.63, 3.8) is 0 Å². The number of unbranched alkanes of at least 4 members (excludes halogenated alkanes) is 5. The van der Waals surface area contributed by atoms with Crippen LogP contribution in [0.3, 0.4) is 0 Å². The van der Waals surface area contributed by atoms with Gasteiger partial charge in [0.25, 0.3) is 0 Å². The minimum atomic E-state index is -0.492. The Balaban J connectivity index is 2.48. The van der Waals surface area contributed by atoms with Crippen LogP contribution in [0.2, 0.25) is 0 Å². The molecule has 0 aromatic heterocycles. The summed E-state index contributed by atoms with van der Waals surface area (Å²) >= 11 is 0. The molecule has 1 rings (SSSR count). The molecule has 4 nitrogen and oxygen atoms in total. The number of rotatable bonds is 11. The average Bonchev–Trinajstić information content (AvgIpc) is 2.58. The van der Waals surface area contributed by atoms with Crippen molar-refractivity contribution in [1.29, 1.82) is 0 Å². The zero-order valence-electron chi connectivity index (χ0n) is 15.2. The van der Waals surface area contributed by atoms with Crippen LogP contribution in [-0.4, -0.2) is 24.6 Å². The maximum Gasteiger partial charge on any atom is 0.339 e. The lowest BCUT2D eigenvalue weighted by Crippen LogP contribution is -2.18. The molecule has 1 atom stereocenters. The van der Waals surface area contributed by atoms with E-state index in [1.165, 1.54) is 32.1 Å². The second kappa shape index (κ2) is 11.7. The molecule has 134 valence electrons. The molecule has 1 aromatic carbocycles. The first-order chi connectivity index (χ1) is 11.6. The van der Waals surface area contributed by atoms with Gasteiger partial charge in [0, 0.05) is 0 Å². The van der Waals surface area contributed by atoms with E-state index in [0.29, 0.717) is 0 Å². The molecule has 0 bridgehead atoms. The van der Waals surface area contributed by atoms with Gasteiger partial charge in [0.2, 0.25) is 0 Å². The number of carbonyl (C=O) groups is 2. The van der Waals surface area contributed by atoms with Crippen molar-refractivity contribution in [3.8, 4) is 0 Å². The van der Waals surface area contributed by atoms with E-state index in [9.17, 15) is 9.59 Å². The number of benzene rings is 1. The highest BCUT2D eigenvalue weighted by Gasteiger charge is 2.20. The van der Waals surface area contributed by atoms with Gasteiger partial charge in [-0.2, -0.15) is 0 Å². The summed E-state index contributed by atoms with van der Waals surface area (Å²) in [5.74, 6) is -0.953. The van der Waals surface area contributed by atoms with Gasteiger partial charge in [-0.15, -0.1) is 0 Å². The van der Waals surface area contributed by atoms with Crippen LogP contribution in [0, 0.1) is 0 Å². The largest absolute Gasteiger partial charge is 0.462 e. The molecule has 0 saturated heterocycles. The average molecular weight is 334 g/mol. The SMILES string of the molecule is CCCCCCCCC(C)OC(=O)c1ccccc1C(=O)OCC. The fraction of sp³-hybridized carbons (Fsp3) is 0.600. The van der Waals surface area contributed by atoms with E-state index in [0.717, 1.165) is 12.8 Å². The van der Waals surface area contributed by atoms with Gasteiger partial charge in [0.15, 0.2) is 0 Å². The Kier molecular flexibility index (Phi) is 9.81. The van der Waals surface area contributed by atoms with Gasteiger partial charge < -0.3 is 9.47 Å². The number of hydrogen-bond donors (Lipinski definition) is 0. The Morgan fingerprint density at radius 3 is 2.12 bits per heavy atom. The van der Waals surface area contributed by atoms with Crippen molar-refractivity contribution in [2.24, 2.45) is 0 Å². The molecule has 24 heavy (non-hydrogen) atoms. The number of carbonyl (C=O) groups excluding carboxylic acids is 2. The molecule has 0 aliphatic rings. The van der Waals surface area contributed by atoms with Gasteiger partial charge >= 0.3 is 11.9 Å². The summed E-state index contributed by atoms with van der Waals surface area (Å²) in [4.78, 5) is 24.3. The molecule has 0 aliphatic heterocycles. The zero-order valence-corrected chi connectivity index (χ0v) is 15.2. The Hall–Kier alpha value is -1.84. The first kappa shape index (κ1) is 20.2. The van der Waals surface area contributed by atoms with Crippen LogP contribution in [0.25, 0.3) is 0 Å². The molecule has 0 fully saturated rings. The van der Waals surface area contributed by atoms with Crippen LogP contribution in [0.5, 0.6) is 0 Å². The summed E-state index contributed by atoms with van der Waals surface area (Å²) in [7, 11) is 0. The van der Waals surface area contributed by atoms with Crippen molar-refractivity contribution in [3.05, 3.63) is 35.4 Å². The molecule has 1 aromatic rings. The van der Waals surface area contributed by atoms with Gasteiger partial charge in [-0.05, 0) is 38.8 Å². The fourth-order valence-corrected chi connectivity index (χ4v) is 2.57. The third-order valence-corrected chi connectivity index (χ3v) is 3.91. The molecule has 0 aliphatic carbocycles. The van der Waals surface area contributed by atoms with Crippen LogP contribution >= 0.6 is 0 Å². The van der Waals surface area contributed by atoms with E-state index in [1.807, 2.05) is 6.92 Å². The number of hydrogen-bond acceptors (Lipinski definition) is 4. The quantitative estimate of drug-likeness (QED) is 0.414. The van der Waals surface area contributed by atoms with Crippen molar-refractivity contribution >= 4 is 11.9 Å². The maximum absolute atomic E-state index is 12.3. The Morgan fingerprint density at radius 1 is 0.917 bits per heavy atom. The second-order valence-electron chi connectivity index (χ2n) is 6.04. The summed E-state index contributed by atoms with van der Waals surface area (Å²) < 4.78 is 10.5. The van der Waals surface area contributed by atoms with E-state index in [1.54, 1.807) is 31.2 Å². The van der Waals surface area contributed by atoms with Crippen molar-refractivity contribution in [2.75, 3.05) is 6.61 Å². The monoisotopic (exact) mass is 334 g/mol. The number of ether oxygens (including phenoxy) is 2. The van der Waals surface area contributed by atoms with Crippen LogP contribution in [-0.2, 0) is 9.47 Å². The van der Waals surface area contributed by atoms with E-state index in [-0.39, 0.29) is 23.8 Å². The molecule has 0 radical (unpaired) electrons. The summed E-state index contributed by atoms with van der Waals surface area (Å²) in [6.07, 6.45) is 7.96. The van der Waals surface area contributed by atoms with E-state index in [2.05, 4.69) is 6.92 Å². The first-order valence-corrected chi connectivity index (χ1v) is 9.07. The van der Waals surface area contributed by atoms with Crippen molar-refractivity contribution < 1.29 is 19.1 Å². The van der Waals surface area contributed by atoms with E-state index < -0.39 is 11.9 Å². The minimum Gasteiger partial charge on any atom is -0.462 e. The highest BCUT2D eigenvalue weighted by Crippen LogP contribution is 2.15. The lowest BCUT2D eigenvalue weighted by atomic mass is 10.1. The highest BCUT2D eigenvalue weighted by atomic mass is 16.5. The fourth-order valence-electron chi connectivity index (χ4n) is 2.57. The molecule has 0 heterocycles. The summed E-state index contributed by atoms with van der Waals surface area (Å²) in [5, 5.41) is 0. The first-order valence-electron chi connectivity index (χ1n) is 9.07. The van der Waals surface area contributed by atoms with Gasteiger partial charge in [-0.25, -0.2) is 9.59 Å².